The van der Waals surface area contributed by atoms with Crippen LogP contribution in [0.1, 0.15) is 71.1 Å². The van der Waals surface area contributed by atoms with Crippen molar-refractivity contribution in [1.82, 2.24) is 0 Å². The quantitative estimate of drug-likeness (QED) is 0.281. The molecule has 0 saturated heterocycles. The normalized spacial score (nSPS) is 19.3. The van der Waals surface area contributed by atoms with E-state index in [4.69, 9.17) is 4.74 Å². The van der Waals surface area contributed by atoms with Crippen molar-refractivity contribution < 1.29 is 29.5 Å². The molecule has 0 aliphatic heterocycles. The van der Waals surface area contributed by atoms with E-state index in [2.05, 4.69) is 0 Å². The summed E-state index contributed by atoms with van der Waals surface area (Å²) < 4.78 is 5.57. The molecular weight excluding hydrogens is 506 g/mol. The predicted molar refractivity (Wildman–Crippen MR) is 146 cm³/mol. The second-order valence-corrected chi connectivity index (χ2v) is 12.7. The van der Waals surface area contributed by atoms with Gasteiger partial charge in [-0.15, -0.1) is 11.3 Å². The Kier molecular flexibility index (Phi) is 7.27. The largest absolute Gasteiger partial charge is 0.512 e. The zero-order valence-electron chi connectivity index (χ0n) is 22.3. The fraction of sp³-hybridized carbons (Fsp3) is 0.448. The Hall–Kier alpha value is -3.46. The molecule has 0 radical (unpaired) electrons. The van der Waals surface area contributed by atoms with Gasteiger partial charge in [0.2, 0.25) is 0 Å². The zero-order chi connectivity index (χ0) is 28.0. The molecule has 0 bridgehead atoms. The first kappa shape index (κ1) is 27.6. The standard InChI is InChI=1S/C29H33NO7S/c1-6-37-17-9-7-8-16(10-17)27-18(30(35)36)11-23(38-27)26(24-19(31)12-28(2,3)13-20(24)32)25-21(33)14-29(4,5)15-22(25)34/h7-11,26,31,33H,6,12-15H2,1-5H3. The molecule has 0 amide bonds. The number of ketones is 2. The van der Waals surface area contributed by atoms with Crippen LogP contribution >= 0.6 is 11.3 Å². The number of carbonyl (C=O) groups excluding carboxylic acids is 2. The summed E-state index contributed by atoms with van der Waals surface area (Å²) in [6.07, 6.45) is 0.727. The van der Waals surface area contributed by atoms with Crippen molar-refractivity contribution in [2.75, 3.05) is 6.61 Å². The number of nitrogens with zero attached hydrogens (tertiary/aromatic N) is 1. The highest BCUT2D eigenvalue weighted by molar-refractivity contribution is 7.16. The van der Waals surface area contributed by atoms with Gasteiger partial charge in [0, 0.05) is 53.3 Å². The average molecular weight is 540 g/mol. The molecule has 38 heavy (non-hydrogen) atoms. The Morgan fingerprint density at radius 2 is 1.53 bits per heavy atom. The van der Waals surface area contributed by atoms with E-state index in [0.29, 0.717) is 27.7 Å². The van der Waals surface area contributed by atoms with Crippen molar-refractivity contribution in [2.45, 2.75) is 66.2 Å². The zero-order valence-corrected chi connectivity index (χ0v) is 23.1. The van der Waals surface area contributed by atoms with Gasteiger partial charge in [-0.1, -0.05) is 39.8 Å². The summed E-state index contributed by atoms with van der Waals surface area (Å²) in [5, 5.41) is 34.4. The van der Waals surface area contributed by atoms with E-state index in [-0.39, 0.29) is 65.6 Å². The van der Waals surface area contributed by atoms with Crippen LogP contribution in [0.15, 0.2) is 53.0 Å². The molecule has 0 fully saturated rings. The van der Waals surface area contributed by atoms with Crippen LogP contribution in [0.25, 0.3) is 10.4 Å². The number of aliphatic hydroxyl groups excluding tert-OH is 2. The summed E-state index contributed by atoms with van der Waals surface area (Å²) in [7, 11) is 0. The van der Waals surface area contributed by atoms with Gasteiger partial charge in [-0.3, -0.25) is 19.7 Å². The van der Waals surface area contributed by atoms with Crippen LogP contribution in [0.4, 0.5) is 5.69 Å². The van der Waals surface area contributed by atoms with Crippen LogP contribution < -0.4 is 4.74 Å². The molecule has 9 heteroatoms. The van der Waals surface area contributed by atoms with Gasteiger partial charge in [-0.2, -0.15) is 0 Å². The molecular formula is C29H33NO7S. The Balaban J connectivity index is 1.97. The highest BCUT2D eigenvalue weighted by Crippen LogP contribution is 2.51. The molecule has 1 aromatic heterocycles. The van der Waals surface area contributed by atoms with Crippen LogP contribution in [0, 0.1) is 20.9 Å². The number of ether oxygens (including phenoxy) is 1. The molecule has 0 atom stereocenters. The first-order chi connectivity index (χ1) is 17.7. The smallest absolute Gasteiger partial charge is 0.288 e. The highest BCUT2D eigenvalue weighted by Gasteiger charge is 2.45. The van der Waals surface area contributed by atoms with Crippen molar-refractivity contribution >= 4 is 28.6 Å². The molecule has 202 valence electrons. The summed E-state index contributed by atoms with van der Waals surface area (Å²) in [6, 6.07) is 8.29. The summed E-state index contributed by atoms with van der Waals surface area (Å²) in [4.78, 5) is 39.2. The van der Waals surface area contributed by atoms with Gasteiger partial charge in [0.25, 0.3) is 5.69 Å². The second kappa shape index (κ2) is 10.0. The Morgan fingerprint density at radius 1 is 0.974 bits per heavy atom. The Morgan fingerprint density at radius 3 is 2.00 bits per heavy atom. The van der Waals surface area contributed by atoms with Gasteiger partial charge in [-0.05, 0) is 29.9 Å². The number of carbonyl (C=O) groups is 2. The summed E-state index contributed by atoms with van der Waals surface area (Å²) >= 11 is 1.08. The van der Waals surface area contributed by atoms with Crippen molar-refractivity contribution in [3.8, 4) is 16.2 Å². The third kappa shape index (κ3) is 5.38. The third-order valence-electron chi connectivity index (χ3n) is 6.99. The number of nitro groups is 1. The number of thiophene rings is 1. The molecule has 8 nitrogen and oxygen atoms in total. The summed E-state index contributed by atoms with van der Waals surface area (Å²) in [5.41, 5.74) is -0.515. The van der Waals surface area contributed by atoms with Gasteiger partial charge < -0.3 is 14.9 Å². The minimum Gasteiger partial charge on any atom is -0.512 e. The number of benzene rings is 1. The molecule has 2 aromatic rings. The average Bonchev–Trinajstić information content (AvgIpc) is 3.21. The van der Waals surface area contributed by atoms with E-state index in [0.717, 1.165) is 11.3 Å². The van der Waals surface area contributed by atoms with Crippen molar-refractivity contribution in [2.24, 2.45) is 10.8 Å². The molecule has 2 aliphatic rings. The maximum absolute atomic E-state index is 13.5. The lowest BCUT2D eigenvalue weighted by molar-refractivity contribution is -0.383. The minimum absolute atomic E-state index is 0.0321. The van der Waals surface area contributed by atoms with E-state index < -0.39 is 21.7 Å². The fourth-order valence-electron chi connectivity index (χ4n) is 5.47. The van der Waals surface area contributed by atoms with Gasteiger partial charge in [-0.25, -0.2) is 0 Å². The minimum atomic E-state index is -1.10. The Bertz CT molecular complexity index is 1330. The number of hydrogen-bond acceptors (Lipinski definition) is 8. The first-order valence-corrected chi connectivity index (χ1v) is 13.5. The van der Waals surface area contributed by atoms with Gasteiger partial charge in [0.1, 0.15) is 22.1 Å². The fourth-order valence-corrected chi connectivity index (χ4v) is 6.71. The highest BCUT2D eigenvalue weighted by atomic mass is 32.1. The van der Waals surface area contributed by atoms with Crippen LogP contribution in [-0.4, -0.2) is 33.3 Å². The number of hydrogen-bond donors (Lipinski definition) is 2. The van der Waals surface area contributed by atoms with Gasteiger partial charge in [0.15, 0.2) is 11.6 Å². The predicted octanol–water partition coefficient (Wildman–Crippen LogP) is 7.21. The lowest BCUT2D eigenvalue weighted by Crippen LogP contribution is -2.33. The summed E-state index contributed by atoms with van der Waals surface area (Å²) in [5.74, 6) is -1.51. The van der Waals surface area contributed by atoms with Crippen LogP contribution in [0.3, 0.4) is 0 Å². The second-order valence-electron chi connectivity index (χ2n) is 11.6. The lowest BCUT2D eigenvalue weighted by atomic mass is 9.68. The molecule has 0 unspecified atom stereocenters. The number of Topliss-reactive ketones (excluding diaryl/α,β-unsaturated/α-hetero) is 2. The van der Waals surface area contributed by atoms with E-state index in [9.17, 15) is 29.9 Å². The van der Waals surface area contributed by atoms with Crippen molar-refractivity contribution in [1.29, 1.82) is 0 Å². The van der Waals surface area contributed by atoms with Gasteiger partial charge >= 0.3 is 0 Å². The molecule has 2 N–H and O–H groups in total. The van der Waals surface area contributed by atoms with E-state index in [1.807, 2.05) is 34.6 Å². The third-order valence-corrected chi connectivity index (χ3v) is 8.23. The van der Waals surface area contributed by atoms with E-state index in [1.54, 1.807) is 24.3 Å². The SMILES string of the molecule is CCOc1cccc(-c2sc(C(C3=C(O)CC(C)(C)CC3=O)C3=C(O)CC(C)(C)CC3=O)cc2[N+](=O)[O-])c1. The maximum Gasteiger partial charge on any atom is 0.288 e. The van der Waals surface area contributed by atoms with Gasteiger partial charge in [0.05, 0.1) is 17.4 Å². The van der Waals surface area contributed by atoms with Crippen molar-refractivity contribution in [3.63, 3.8) is 0 Å². The van der Waals surface area contributed by atoms with Crippen LogP contribution in [-0.2, 0) is 9.59 Å². The molecule has 2 aliphatic carbocycles. The number of allylic oxidation sites excluding steroid dienone is 4. The number of rotatable bonds is 7. The van der Waals surface area contributed by atoms with E-state index in [1.165, 1.54) is 6.07 Å². The molecule has 1 aromatic carbocycles. The number of aliphatic hydroxyl groups is 2. The molecule has 4 rings (SSSR count). The molecule has 1 heterocycles. The monoisotopic (exact) mass is 539 g/mol. The van der Waals surface area contributed by atoms with E-state index >= 15 is 0 Å². The topological polar surface area (TPSA) is 127 Å². The molecule has 0 spiro atoms. The summed E-state index contributed by atoms with van der Waals surface area (Å²) in [6.45, 7) is 9.76. The van der Waals surface area contributed by atoms with Crippen LogP contribution in [0.2, 0.25) is 0 Å². The maximum atomic E-state index is 13.5. The Labute approximate surface area is 225 Å². The van der Waals surface area contributed by atoms with Crippen molar-refractivity contribution in [3.05, 3.63) is 68.0 Å². The lowest BCUT2D eigenvalue weighted by Gasteiger charge is -2.36. The molecule has 0 saturated carbocycles. The first-order valence-electron chi connectivity index (χ1n) is 12.6. The van der Waals surface area contributed by atoms with Crippen LogP contribution in [0.5, 0.6) is 5.75 Å².